The van der Waals surface area contributed by atoms with Crippen LogP contribution in [0.2, 0.25) is 0 Å². The summed E-state index contributed by atoms with van der Waals surface area (Å²) in [5.41, 5.74) is -0.277. The molecule has 1 saturated carbocycles. The number of ether oxygens (including phenoxy) is 2. The quantitative estimate of drug-likeness (QED) is 0.717. The fraction of sp³-hybridized carbons (Fsp3) is 0.867. The SMILES string of the molecule is CCOCCC1(C(=O)N2CCOC(CC(=O)O)C2)CCC1. The Morgan fingerprint density at radius 3 is 2.76 bits per heavy atom. The highest BCUT2D eigenvalue weighted by Crippen LogP contribution is 2.45. The van der Waals surface area contributed by atoms with E-state index in [1.54, 1.807) is 4.90 Å². The summed E-state index contributed by atoms with van der Waals surface area (Å²) in [5.74, 6) is -0.726. The van der Waals surface area contributed by atoms with Gasteiger partial charge in [-0.1, -0.05) is 6.42 Å². The Kier molecular flexibility index (Phi) is 5.58. The largest absolute Gasteiger partial charge is 0.481 e. The zero-order valence-corrected chi connectivity index (χ0v) is 12.7. The van der Waals surface area contributed by atoms with Crippen LogP contribution >= 0.6 is 0 Å². The first-order valence-corrected chi connectivity index (χ1v) is 7.78. The molecular weight excluding hydrogens is 274 g/mol. The minimum absolute atomic E-state index is 0.0459. The van der Waals surface area contributed by atoms with Gasteiger partial charge in [-0.2, -0.15) is 0 Å². The minimum Gasteiger partial charge on any atom is -0.481 e. The van der Waals surface area contributed by atoms with Crippen LogP contribution in [0, 0.1) is 5.41 Å². The van der Waals surface area contributed by atoms with Gasteiger partial charge in [0.2, 0.25) is 5.91 Å². The van der Waals surface area contributed by atoms with E-state index in [2.05, 4.69) is 0 Å². The monoisotopic (exact) mass is 299 g/mol. The van der Waals surface area contributed by atoms with E-state index in [0.717, 1.165) is 25.7 Å². The number of carbonyl (C=O) groups is 2. The van der Waals surface area contributed by atoms with Crippen LogP contribution in [-0.2, 0) is 19.1 Å². The first kappa shape index (κ1) is 16.2. The minimum atomic E-state index is -0.885. The zero-order valence-electron chi connectivity index (χ0n) is 12.7. The fourth-order valence-electron chi connectivity index (χ4n) is 3.14. The standard InChI is InChI=1S/C15H25NO5/c1-2-20-8-6-15(4-3-5-15)14(19)16-7-9-21-12(11-16)10-13(17)18/h12H,2-11H2,1H3,(H,17,18). The smallest absolute Gasteiger partial charge is 0.306 e. The number of carboxylic acids is 1. The number of aliphatic carboxylic acids is 1. The summed E-state index contributed by atoms with van der Waals surface area (Å²) in [6, 6.07) is 0. The van der Waals surface area contributed by atoms with Crippen molar-refractivity contribution in [3.05, 3.63) is 0 Å². The summed E-state index contributed by atoms with van der Waals surface area (Å²) in [5, 5.41) is 8.85. The molecule has 6 heteroatoms. The highest BCUT2D eigenvalue weighted by Gasteiger charge is 2.46. The van der Waals surface area contributed by atoms with Gasteiger partial charge < -0.3 is 19.5 Å². The number of hydrogen-bond donors (Lipinski definition) is 1. The highest BCUT2D eigenvalue weighted by atomic mass is 16.5. The van der Waals surface area contributed by atoms with Crippen molar-refractivity contribution in [1.29, 1.82) is 0 Å². The molecule has 0 aromatic carbocycles. The van der Waals surface area contributed by atoms with E-state index in [1.165, 1.54) is 0 Å². The number of rotatable bonds is 7. The van der Waals surface area contributed by atoms with Crippen molar-refractivity contribution < 1.29 is 24.2 Å². The van der Waals surface area contributed by atoms with E-state index in [0.29, 0.717) is 32.9 Å². The molecule has 0 aromatic heterocycles. The molecule has 1 unspecified atom stereocenters. The number of carboxylic acid groups (broad SMARTS) is 1. The van der Waals surface area contributed by atoms with Crippen molar-refractivity contribution in [2.75, 3.05) is 32.9 Å². The zero-order chi connectivity index (χ0) is 15.3. The molecule has 0 spiro atoms. The number of morpholine rings is 1. The second-order valence-electron chi connectivity index (χ2n) is 5.92. The van der Waals surface area contributed by atoms with Gasteiger partial charge in [-0.05, 0) is 26.2 Å². The molecule has 1 aliphatic carbocycles. The molecule has 2 rings (SSSR count). The van der Waals surface area contributed by atoms with Crippen LogP contribution in [0.5, 0.6) is 0 Å². The molecule has 1 atom stereocenters. The van der Waals surface area contributed by atoms with E-state index >= 15 is 0 Å². The van der Waals surface area contributed by atoms with Crippen LogP contribution in [0.3, 0.4) is 0 Å². The van der Waals surface area contributed by atoms with E-state index in [9.17, 15) is 9.59 Å². The van der Waals surface area contributed by atoms with Gasteiger partial charge in [-0.3, -0.25) is 9.59 Å². The van der Waals surface area contributed by atoms with E-state index < -0.39 is 5.97 Å². The highest BCUT2D eigenvalue weighted by molar-refractivity contribution is 5.83. The average Bonchev–Trinajstić information content (AvgIpc) is 2.41. The predicted molar refractivity (Wildman–Crippen MR) is 76.0 cm³/mol. The lowest BCUT2D eigenvalue weighted by atomic mass is 9.65. The van der Waals surface area contributed by atoms with Crippen LogP contribution in [0.25, 0.3) is 0 Å². The molecule has 0 bridgehead atoms. The molecule has 2 fully saturated rings. The molecule has 1 aliphatic heterocycles. The number of carbonyl (C=O) groups excluding carboxylic acids is 1. The van der Waals surface area contributed by atoms with Crippen molar-refractivity contribution in [3.63, 3.8) is 0 Å². The van der Waals surface area contributed by atoms with Crippen molar-refractivity contribution in [3.8, 4) is 0 Å². The molecular formula is C15H25NO5. The summed E-state index contributed by atoms with van der Waals surface area (Å²) >= 11 is 0. The molecule has 21 heavy (non-hydrogen) atoms. The van der Waals surface area contributed by atoms with Crippen molar-refractivity contribution in [2.24, 2.45) is 5.41 Å². The maximum Gasteiger partial charge on any atom is 0.306 e. The van der Waals surface area contributed by atoms with E-state index in [-0.39, 0.29) is 23.8 Å². The lowest BCUT2D eigenvalue weighted by molar-refractivity contribution is -0.159. The molecule has 1 N–H and O–H groups in total. The molecule has 0 aromatic rings. The van der Waals surface area contributed by atoms with Gasteiger partial charge in [0.15, 0.2) is 0 Å². The van der Waals surface area contributed by atoms with Crippen LogP contribution in [0.4, 0.5) is 0 Å². The third-order valence-corrected chi connectivity index (χ3v) is 4.52. The van der Waals surface area contributed by atoms with Gasteiger partial charge in [0, 0.05) is 26.3 Å². The molecule has 1 heterocycles. The average molecular weight is 299 g/mol. The summed E-state index contributed by atoms with van der Waals surface area (Å²) in [6.07, 6.45) is 3.25. The van der Waals surface area contributed by atoms with Crippen molar-refractivity contribution >= 4 is 11.9 Å². The number of nitrogens with zero attached hydrogens (tertiary/aromatic N) is 1. The number of hydrogen-bond acceptors (Lipinski definition) is 4. The topological polar surface area (TPSA) is 76.1 Å². The summed E-state index contributed by atoms with van der Waals surface area (Å²) < 4.78 is 10.8. The van der Waals surface area contributed by atoms with Gasteiger partial charge in [-0.15, -0.1) is 0 Å². The second kappa shape index (κ2) is 7.22. The summed E-state index contributed by atoms with van der Waals surface area (Å²) in [4.78, 5) is 25.4. The Balaban J connectivity index is 1.92. The van der Waals surface area contributed by atoms with Crippen molar-refractivity contribution in [2.45, 2.75) is 45.1 Å². The van der Waals surface area contributed by atoms with Gasteiger partial charge in [0.1, 0.15) is 0 Å². The molecule has 120 valence electrons. The molecule has 0 radical (unpaired) electrons. The molecule has 1 saturated heterocycles. The fourth-order valence-corrected chi connectivity index (χ4v) is 3.14. The first-order chi connectivity index (χ1) is 10.1. The summed E-state index contributed by atoms with van der Waals surface area (Å²) in [6.45, 7) is 4.61. The van der Waals surface area contributed by atoms with Crippen molar-refractivity contribution in [1.82, 2.24) is 4.90 Å². The molecule has 6 nitrogen and oxygen atoms in total. The lowest BCUT2D eigenvalue weighted by Gasteiger charge is -2.45. The Hall–Kier alpha value is -1.14. The maximum absolute atomic E-state index is 12.8. The first-order valence-electron chi connectivity index (χ1n) is 7.78. The van der Waals surface area contributed by atoms with Gasteiger partial charge in [0.25, 0.3) is 0 Å². The number of amides is 1. The normalized spacial score (nSPS) is 24.4. The molecule has 2 aliphatic rings. The van der Waals surface area contributed by atoms with Crippen LogP contribution in [0.15, 0.2) is 0 Å². The third-order valence-electron chi connectivity index (χ3n) is 4.52. The third kappa shape index (κ3) is 3.95. The predicted octanol–water partition coefficient (Wildman–Crippen LogP) is 1.29. The van der Waals surface area contributed by atoms with Crippen LogP contribution < -0.4 is 0 Å². The van der Waals surface area contributed by atoms with Gasteiger partial charge >= 0.3 is 5.97 Å². The van der Waals surface area contributed by atoms with E-state index in [4.69, 9.17) is 14.6 Å². The Morgan fingerprint density at radius 2 is 2.19 bits per heavy atom. The summed E-state index contributed by atoms with van der Waals surface area (Å²) in [7, 11) is 0. The van der Waals surface area contributed by atoms with E-state index in [1.807, 2.05) is 6.92 Å². The van der Waals surface area contributed by atoms with Crippen LogP contribution in [-0.4, -0.2) is 60.9 Å². The maximum atomic E-state index is 12.8. The Bertz CT molecular complexity index is 380. The molecule has 1 amide bonds. The second-order valence-corrected chi connectivity index (χ2v) is 5.92. The Labute approximate surface area is 125 Å². The van der Waals surface area contributed by atoms with Gasteiger partial charge in [-0.25, -0.2) is 0 Å². The van der Waals surface area contributed by atoms with Gasteiger partial charge in [0.05, 0.1) is 24.5 Å². The van der Waals surface area contributed by atoms with Crippen LogP contribution in [0.1, 0.15) is 39.0 Å². The lowest BCUT2D eigenvalue weighted by Crippen LogP contribution is -2.54. The Morgan fingerprint density at radius 1 is 1.43 bits per heavy atom.